The molecular formula is C10H21NO2. The molecule has 78 valence electrons. The van der Waals surface area contributed by atoms with Crippen molar-refractivity contribution in [2.75, 3.05) is 20.7 Å². The van der Waals surface area contributed by atoms with Gasteiger partial charge in [-0.2, -0.15) is 0 Å². The molecule has 0 fully saturated rings. The summed E-state index contributed by atoms with van der Waals surface area (Å²) in [6, 6.07) is 0. The molecule has 0 aliphatic carbocycles. The number of amides is 1. The van der Waals surface area contributed by atoms with E-state index in [1.54, 1.807) is 14.1 Å². The van der Waals surface area contributed by atoms with Crippen LogP contribution in [0.4, 0.5) is 4.79 Å². The highest BCUT2D eigenvalue weighted by molar-refractivity contribution is 5.66. The number of ether oxygens (including phenoxy) is 1. The molecule has 0 unspecified atom stereocenters. The van der Waals surface area contributed by atoms with Gasteiger partial charge in [-0.05, 0) is 6.42 Å². The van der Waals surface area contributed by atoms with Crippen LogP contribution in [0.5, 0.6) is 0 Å². The number of rotatable bonds is 6. The van der Waals surface area contributed by atoms with Gasteiger partial charge >= 0.3 is 6.09 Å². The first-order valence-corrected chi connectivity index (χ1v) is 5.02. The zero-order valence-corrected chi connectivity index (χ0v) is 9.01. The van der Waals surface area contributed by atoms with Gasteiger partial charge in [-0.1, -0.05) is 32.6 Å². The van der Waals surface area contributed by atoms with Crippen LogP contribution in [0.15, 0.2) is 0 Å². The zero-order valence-electron chi connectivity index (χ0n) is 9.01. The summed E-state index contributed by atoms with van der Waals surface area (Å²) in [5.74, 6) is 0. The molecule has 13 heavy (non-hydrogen) atoms. The maximum atomic E-state index is 10.9. The minimum Gasteiger partial charge on any atom is -0.449 e. The Labute approximate surface area is 81.1 Å². The molecule has 0 aromatic heterocycles. The minimum absolute atomic E-state index is 0.240. The second-order valence-electron chi connectivity index (χ2n) is 3.42. The number of hydrogen-bond donors (Lipinski definition) is 0. The first-order valence-electron chi connectivity index (χ1n) is 5.02. The highest BCUT2D eigenvalue weighted by atomic mass is 16.6. The number of nitrogens with zero attached hydrogens (tertiary/aromatic N) is 1. The van der Waals surface area contributed by atoms with Crippen LogP contribution in [-0.4, -0.2) is 31.7 Å². The molecule has 0 heterocycles. The van der Waals surface area contributed by atoms with E-state index in [-0.39, 0.29) is 6.09 Å². The van der Waals surface area contributed by atoms with Crippen LogP contribution < -0.4 is 0 Å². The predicted molar refractivity (Wildman–Crippen MR) is 53.8 cm³/mol. The van der Waals surface area contributed by atoms with Crippen molar-refractivity contribution in [1.82, 2.24) is 4.90 Å². The summed E-state index contributed by atoms with van der Waals surface area (Å²) >= 11 is 0. The van der Waals surface area contributed by atoms with Crippen LogP contribution in [0, 0.1) is 0 Å². The van der Waals surface area contributed by atoms with Gasteiger partial charge in [-0.15, -0.1) is 0 Å². The maximum absolute atomic E-state index is 10.9. The summed E-state index contributed by atoms with van der Waals surface area (Å²) in [6.07, 6.45) is 5.68. The molecule has 0 N–H and O–H groups in total. The van der Waals surface area contributed by atoms with E-state index in [0.29, 0.717) is 6.61 Å². The van der Waals surface area contributed by atoms with E-state index in [1.807, 2.05) is 0 Å². The molecule has 0 spiro atoms. The summed E-state index contributed by atoms with van der Waals surface area (Å²) in [4.78, 5) is 12.4. The molecule has 0 aliphatic rings. The van der Waals surface area contributed by atoms with Crippen molar-refractivity contribution in [3.8, 4) is 0 Å². The van der Waals surface area contributed by atoms with Gasteiger partial charge < -0.3 is 9.64 Å². The Morgan fingerprint density at radius 1 is 1.15 bits per heavy atom. The van der Waals surface area contributed by atoms with Gasteiger partial charge in [0, 0.05) is 14.1 Å². The third kappa shape index (κ3) is 7.62. The zero-order chi connectivity index (χ0) is 10.1. The monoisotopic (exact) mass is 187 g/mol. The van der Waals surface area contributed by atoms with Crippen molar-refractivity contribution in [2.45, 2.75) is 39.0 Å². The lowest BCUT2D eigenvalue weighted by atomic mass is 10.2. The van der Waals surface area contributed by atoms with E-state index in [2.05, 4.69) is 6.92 Å². The number of unbranched alkanes of at least 4 members (excludes halogenated alkanes) is 4. The van der Waals surface area contributed by atoms with Crippen LogP contribution in [0.25, 0.3) is 0 Å². The fraction of sp³-hybridized carbons (Fsp3) is 0.900. The van der Waals surface area contributed by atoms with Gasteiger partial charge in [0.15, 0.2) is 0 Å². The lowest BCUT2D eigenvalue weighted by molar-refractivity contribution is 0.116. The molecule has 3 heteroatoms. The van der Waals surface area contributed by atoms with Crippen molar-refractivity contribution in [3.05, 3.63) is 0 Å². The SMILES string of the molecule is CCCCCCCOC(=O)N(C)C. The Bertz CT molecular complexity index is 135. The molecule has 0 aromatic rings. The Morgan fingerprint density at radius 3 is 2.31 bits per heavy atom. The van der Waals surface area contributed by atoms with Gasteiger partial charge in [0.05, 0.1) is 6.61 Å². The molecule has 1 amide bonds. The van der Waals surface area contributed by atoms with E-state index in [1.165, 1.54) is 24.2 Å². The molecule has 0 aromatic carbocycles. The van der Waals surface area contributed by atoms with E-state index < -0.39 is 0 Å². The molecule has 3 nitrogen and oxygen atoms in total. The average molecular weight is 187 g/mol. The third-order valence-electron chi connectivity index (χ3n) is 1.84. The second-order valence-corrected chi connectivity index (χ2v) is 3.42. The van der Waals surface area contributed by atoms with Crippen molar-refractivity contribution in [2.24, 2.45) is 0 Å². The fourth-order valence-electron chi connectivity index (χ4n) is 0.994. The van der Waals surface area contributed by atoms with E-state index in [4.69, 9.17) is 4.74 Å². The molecule has 0 rings (SSSR count). The smallest absolute Gasteiger partial charge is 0.409 e. The summed E-state index contributed by atoms with van der Waals surface area (Å²) < 4.78 is 4.97. The van der Waals surface area contributed by atoms with Crippen molar-refractivity contribution >= 4 is 6.09 Å². The lowest BCUT2D eigenvalue weighted by Crippen LogP contribution is -2.23. The highest BCUT2D eigenvalue weighted by Gasteiger charge is 2.02. The molecule has 0 atom stereocenters. The Balaban J connectivity index is 3.12. The molecule has 0 saturated heterocycles. The number of carbonyl (C=O) groups is 1. The normalized spacial score (nSPS) is 9.77. The van der Waals surface area contributed by atoms with Gasteiger partial charge in [-0.3, -0.25) is 0 Å². The predicted octanol–water partition coefficient (Wildman–Crippen LogP) is 2.66. The third-order valence-corrected chi connectivity index (χ3v) is 1.84. The molecule has 0 bridgehead atoms. The van der Waals surface area contributed by atoms with Crippen LogP contribution >= 0.6 is 0 Å². The quantitative estimate of drug-likeness (QED) is 0.598. The average Bonchev–Trinajstić information content (AvgIpc) is 2.10. The Morgan fingerprint density at radius 2 is 1.77 bits per heavy atom. The van der Waals surface area contributed by atoms with Crippen LogP contribution in [-0.2, 0) is 4.74 Å². The van der Waals surface area contributed by atoms with Crippen molar-refractivity contribution in [3.63, 3.8) is 0 Å². The number of carbonyl (C=O) groups excluding carboxylic acids is 1. The minimum atomic E-state index is -0.240. The molecule has 0 radical (unpaired) electrons. The Kier molecular flexibility index (Phi) is 7.45. The summed E-state index contributed by atoms with van der Waals surface area (Å²) in [7, 11) is 3.39. The number of hydrogen-bond acceptors (Lipinski definition) is 2. The molecule has 0 saturated carbocycles. The lowest BCUT2D eigenvalue weighted by Gasteiger charge is -2.10. The molecule has 0 aliphatic heterocycles. The van der Waals surface area contributed by atoms with Crippen molar-refractivity contribution in [1.29, 1.82) is 0 Å². The van der Waals surface area contributed by atoms with E-state index in [9.17, 15) is 4.79 Å². The summed E-state index contributed by atoms with van der Waals surface area (Å²) in [6.45, 7) is 2.74. The van der Waals surface area contributed by atoms with E-state index >= 15 is 0 Å². The summed E-state index contributed by atoms with van der Waals surface area (Å²) in [5.41, 5.74) is 0. The van der Waals surface area contributed by atoms with Gasteiger partial charge in [0.1, 0.15) is 0 Å². The van der Waals surface area contributed by atoms with Gasteiger partial charge in [0.2, 0.25) is 0 Å². The topological polar surface area (TPSA) is 29.5 Å². The second kappa shape index (κ2) is 7.90. The van der Waals surface area contributed by atoms with Crippen LogP contribution in [0.2, 0.25) is 0 Å². The first-order chi connectivity index (χ1) is 6.18. The summed E-state index contributed by atoms with van der Waals surface area (Å²) in [5, 5.41) is 0. The highest BCUT2D eigenvalue weighted by Crippen LogP contribution is 2.02. The standard InChI is InChI=1S/C10H21NO2/c1-4-5-6-7-8-9-13-10(12)11(2)3/h4-9H2,1-3H3. The fourth-order valence-corrected chi connectivity index (χ4v) is 0.994. The molecular weight excluding hydrogens is 166 g/mol. The largest absolute Gasteiger partial charge is 0.449 e. The van der Waals surface area contributed by atoms with Crippen molar-refractivity contribution < 1.29 is 9.53 Å². The Hall–Kier alpha value is -0.730. The van der Waals surface area contributed by atoms with Crippen LogP contribution in [0.3, 0.4) is 0 Å². The van der Waals surface area contributed by atoms with Crippen LogP contribution in [0.1, 0.15) is 39.0 Å². The van der Waals surface area contributed by atoms with Gasteiger partial charge in [-0.25, -0.2) is 4.79 Å². The van der Waals surface area contributed by atoms with E-state index in [0.717, 1.165) is 12.8 Å². The first kappa shape index (κ1) is 12.3. The van der Waals surface area contributed by atoms with Gasteiger partial charge in [0.25, 0.3) is 0 Å². The maximum Gasteiger partial charge on any atom is 0.409 e.